The molecule has 7 nitrogen and oxygen atoms in total. The van der Waals surface area contributed by atoms with E-state index in [0.717, 1.165) is 0 Å². The van der Waals surface area contributed by atoms with Gasteiger partial charge in [0.2, 0.25) is 10.0 Å². The van der Waals surface area contributed by atoms with Crippen molar-refractivity contribution in [2.75, 3.05) is 13.7 Å². The Kier molecular flexibility index (Phi) is 10.5. The highest BCUT2D eigenvalue weighted by Crippen LogP contribution is 2.35. The van der Waals surface area contributed by atoms with Crippen molar-refractivity contribution in [3.8, 4) is 11.5 Å². The molecule has 2 aromatic carbocycles. The molecular formula is C21H20Cl4N4O3S. The molecule has 12 heteroatoms. The Labute approximate surface area is 217 Å². The van der Waals surface area contributed by atoms with Gasteiger partial charge in [0.05, 0.1) is 13.3 Å². The smallest absolute Gasteiger partial charge is 0.254 e. The van der Waals surface area contributed by atoms with E-state index < -0.39 is 15.9 Å². The number of thiocarbonyl (C=S) groups is 1. The van der Waals surface area contributed by atoms with Crippen molar-refractivity contribution in [1.82, 2.24) is 16.1 Å². The van der Waals surface area contributed by atoms with Crippen LogP contribution in [0.25, 0.3) is 0 Å². The van der Waals surface area contributed by atoms with Crippen LogP contribution in [0.5, 0.6) is 11.5 Å². The molecule has 1 atom stereocenters. The van der Waals surface area contributed by atoms with E-state index in [9.17, 15) is 4.79 Å². The topological polar surface area (TPSA) is 84.0 Å². The summed E-state index contributed by atoms with van der Waals surface area (Å²) in [6.45, 7) is 4.10. The first-order valence-corrected chi connectivity index (χ1v) is 11.2. The highest BCUT2D eigenvalue weighted by molar-refractivity contribution is 7.80. The number of amides is 1. The molecule has 0 spiro atoms. The van der Waals surface area contributed by atoms with E-state index in [2.05, 4.69) is 27.7 Å². The van der Waals surface area contributed by atoms with Crippen LogP contribution in [0.15, 0.2) is 60.2 Å². The quantitative estimate of drug-likeness (QED) is 0.104. The first-order chi connectivity index (χ1) is 15.6. The van der Waals surface area contributed by atoms with Gasteiger partial charge in [0.1, 0.15) is 0 Å². The number of alkyl halides is 3. The first-order valence-electron chi connectivity index (χ1n) is 9.29. The molecule has 0 fully saturated rings. The Morgan fingerprint density at radius 1 is 1.21 bits per heavy atom. The summed E-state index contributed by atoms with van der Waals surface area (Å²) in [4.78, 5) is 12.6. The van der Waals surface area contributed by atoms with Crippen LogP contribution in [0.1, 0.15) is 15.9 Å². The van der Waals surface area contributed by atoms with Crippen molar-refractivity contribution < 1.29 is 14.3 Å². The maximum Gasteiger partial charge on any atom is 0.254 e. The number of carbonyl (C=O) groups excluding carboxylic acids is 1. The van der Waals surface area contributed by atoms with Gasteiger partial charge in [-0.25, -0.2) is 0 Å². The van der Waals surface area contributed by atoms with Gasteiger partial charge >= 0.3 is 0 Å². The van der Waals surface area contributed by atoms with Crippen molar-refractivity contribution in [1.29, 1.82) is 0 Å². The summed E-state index contributed by atoms with van der Waals surface area (Å²) in [5.41, 5.74) is 3.66. The van der Waals surface area contributed by atoms with E-state index in [0.29, 0.717) is 33.6 Å². The van der Waals surface area contributed by atoms with Crippen LogP contribution in [0.3, 0.4) is 0 Å². The molecule has 1 amide bonds. The Balaban J connectivity index is 2.14. The molecule has 0 saturated carbocycles. The number of halogens is 4. The minimum Gasteiger partial charge on any atom is -0.493 e. The van der Waals surface area contributed by atoms with Gasteiger partial charge < -0.3 is 20.1 Å². The lowest BCUT2D eigenvalue weighted by Crippen LogP contribution is -2.47. The molecular weight excluding hydrogens is 530 g/mol. The van der Waals surface area contributed by atoms with E-state index in [4.69, 9.17) is 68.1 Å². The molecule has 0 radical (unpaired) electrons. The predicted molar refractivity (Wildman–Crippen MR) is 138 cm³/mol. The Morgan fingerprint density at radius 2 is 1.91 bits per heavy atom. The highest BCUT2D eigenvalue weighted by Gasteiger charge is 2.37. The number of ether oxygens (including phenoxy) is 2. The van der Waals surface area contributed by atoms with Crippen molar-refractivity contribution >= 4 is 75.9 Å². The van der Waals surface area contributed by atoms with Gasteiger partial charge in [0, 0.05) is 17.1 Å². The molecule has 3 N–H and O–H groups in total. The van der Waals surface area contributed by atoms with Crippen LogP contribution in [-0.4, -0.2) is 40.9 Å². The molecule has 0 saturated heterocycles. The molecule has 0 bridgehead atoms. The summed E-state index contributed by atoms with van der Waals surface area (Å²) < 4.78 is 9.17. The van der Waals surface area contributed by atoms with Crippen molar-refractivity contribution in [2.45, 2.75) is 10.0 Å². The Morgan fingerprint density at radius 3 is 2.52 bits per heavy atom. The lowest BCUT2D eigenvalue weighted by atomic mass is 10.2. The zero-order valence-corrected chi connectivity index (χ0v) is 21.1. The number of benzene rings is 2. The average molecular weight is 550 g/mol. The normalized spacial score (nSPS) is 12.0. The third-order valence-electron chi connectivity index (χ3n) is 3.89. The summed E-state index contributed by atoms with van der Waals surface area (Å²) in [5, 5.41) is 10.3. The SMILES string of the molecule is C=CCNC(=S)NN=Cc1ccc(OC(NC(=O)c2ccc(Cl)cc2)C(Cl)(Cl)Cl)c(OC)c1. The monoisotopic (exact) mass is 548 g/mol. The molecule has 1 unspecified atom stereocenters. The molecule has 0 aromatic heterocycles. The van der Waals surface area contributed by atoms with Crippen molar-refractivity contribution in [2.24, 2.45) is 5.10 Å². The van der Waals surface area contributed by atoms with Gasteiger partial charge in [0.25, 0.3) is 5.91 Å². The van der Waals surface area contributed by atoms with Crippen LogP contribution in [-0.2, 0) is 0 Å². The minimum atomic E-state index is -1.98. The second-order valence-electron chi connectivity index (χ2n) is 6.30. The van der Waals surface area contributed by atoms with Crippen molar-refractivity contribution in [3.63, 3.8) is 0 Å². The van der Waals surface area contributed by atoms with Crippen LogP contribution >= 0.6 is 58.6 Å². The summed E-state index contributed by atoms with van der Waals surface area (Å²) in [5.74, 6) is 0.0441. The summed E-state index contributed by atoms with van der Waals surface area (Å²) in [6, 6.07) is 11.1. The van der Waals surface area contributed by atoms with E-state index in [1.807, 2.05) is 0 Å². The van der Waals surface area contributed by atoms with E-state index in [1.165, 1.54) is 25.5 Å². The number of rotatable bonds is 9. The van der Waals surface area contributed by atoms with Gasteiger partial charge in [-0.05, 0) is 60.2 Å². The lowest BCUT2D eigenvalue weighted by Gasteiger charge is -2.27. The molecule has 33 heavy (non-hydrogen) atoms. The van der Waals surface area contributed by atoms with Crippen LogP contribution in [0.4, 0.5) is 0 Å². The lowest BCUT2D eigenvalue weighted by molar-refractivity contribution is 0.0828. The Bertz CT molecular complexity index is 1010. The Hall–Kier alpha value is -2.23. The van der Waals surface area contributed by atoms with Gasteiger partial charge in [0.15, 0.2) is 16.6 Å². The van der Waals surface area contributed by atoms with Crippen LogP contribution in [0, 0.1) is 0 Å². The molecule has 0 heterocycles. The molecule has 0 aliphatic rings. The molecule has 176 valence electrons. The zero-order valence-electron chi connectivity index (χ0n) is 17.3. The molecule has 2 rings (SSSR count). The zero-order chi connectivity index (χ0) is 24.4. The van der Waals surface area contributed by atoms with Gasteiger partial charge in [-0.1, -0.05) is 52.5 Å². The standard InChI is InChI=1S/C21H20Cl4N4O3S/c1-3-10-26-20(33)29-27-12-13-4-9-16(17(11-13)31-2)32-19(21(23,24)25)28-18(30)14-5-7-15(22)8-6-14/h3-9,11-12,19H,1,10H2,2H3,(H,28,30)(H2,26,29,33). The molecule has 0 aliphatic heterocycles. The van der Waals surface area contributed by atoms with Crippen LogP contribution < -0.4 is 25.5 Å². The van der Waals surface area contributed by atoms with E-state index >= 15 is 0 Å². The van der Waals surface area contributed by atoms with Gasteiger partial charge in [-0.2, -0.15) is 5.10 Å². The number of nitrogens with zero attached hydrogens (tertiary/aromatic N) is 1. The number of methoxy groups -OCH3 is 1. The second-order valence-corrected chi connectivity index (χ2v) is 9.51. The average Bonchev–Trinajstić information content (AvgIpc) is 2.77. The third kappa shape index (κ3) is 8.91. The fourth-order valence-corrected chi connectivity index (χ4v) is 2.90. The number of hydrogen-bond donors (Lipinski definition) is 3. The van der Waals surface area contributed by atoms with Crippen molar-refractivity contribution in [3.05, 3.63) is 71.3 Å². The number of hydrogen-bond acceptors (Lipinski definition) is 5. The second kappa shape index (κ2) is 12.9. The van der Waals surface area contributed by atoms with Crippen LogP contribution in [0.2, 0.25) is 5.02 Å². The first kappa shape index (κ1) is 27.0. The summed E-state index contributed by atoms with van der Waals surface area (Å²) >= 11 is 29.0. The highest BCUT2D eigenvalue weighted by atomic mass is 35.6. The maximum atomic E-state index is 12.6. The predicted octanol–water partition coefficient (Wildman–Crippen LogP) is 4.84. The number of nitrogens with one attached hydrogen (secondary N) is 3. The summed E-state index contributed by atoms with van der Waals surface area (Å²) in [6.07, 6.45) is 1.88. The molecule has 2 aromatic rings. The fourth-order valence-electron chi connectivity index (χ4n) is 2.34. The number of hydrazone groups is 1. The minimum absolute atomic E-state index is 0.235. The van der Waals surface area contributed by atoms with Gasteiger partial charge in [-0.3, -0.25) is 10.2 Å². The molecule has 0 aliphatic carbocycles. The van der Waals surface area contributed by atoms with E-state index in [1.54, 1.807) is 36.4 Å². The number of carbonyl (C=O) groups is 1. The van der Waals surface area contributed by atoms with E-state index in [-0.39, 0.29) is 5.75 Å². The fraction of sp³-hybridized carbons (Fsp3) is 0.190. The largest absolute Gasteiger partial charge is 0.493 e. The maximum absolute atomic E-state index is 12.6. The van der Waals surface area contributed by atoms with Gasteiger partial charge in [-0.15, -0.1) is 6.58 Å². The summed E-state index contributed by atoms with van der Waals surface area (Å²) in [7, 11) is 1.45. The third-order valence-corrected chi connectivity index (χ3v) is 4.97.